The lowest BCUT2D eigenvalue weighted by Gasteiger charge is -2.23. The van der Waals surface area contributed by atoms with E-state index in [4.69, 9.17) is 0 Å². The van der Waals surface area contributed by atoms with E-state index in [0.29, 0.717) is 11.4 Å². The Hall–Kier alpha value is -1.63. The van der Waals surface area contributed by atoms with Gasteiger partial charge in [-0.25, -0.2) is 9.97 Å². The maximum atomic E-state index is 12.5. The molecule has 0 spiro atoms. The molecule has 1 saturated heterocycles. The van der Waals surface area contributed by atoms with Crippen LogP contribution in [0.1, 0.15) is 16.8 Å². The smallest absolute Gasteiger partial charge is 0.254 e. The van der Waals surface area contributed by atoms with E-state index in [1.54, 1.807) is 41.6 Å². The molecule has 3 heterocycles. The third-order valence-corrected chi connectivity index (χ3v) is 3.66. The van der Waals surface area contributed by atoms with Gasteiger partial charge in [0.05, 0.1) is 0 Å². The van der Waals surface area contributed by atoms with Crippen LogP contribution in [0.25, 0.3) is 5.82 Å². The van der Waals surface area contributed by atoms with Crippen LogP contribution in [0.15, 0.2) is 37.1 Å². The van der Waals surface area contributed by atoms with Crippen LogP contribution < -0.4 is 5.32 Å². The number of aromatic nitrogens is 3. The van der Waals surface area contributed by atoms with Crippen molar-refractivity contribution >= 4 is 30.7 Å². The van der Waals surface area contributed by atoms with Gasteiger partial charge in [0.25, 0.3) is 5.91 Å². The quantitative estimate of drug-likeness (QED) is 0.918. The first-order chi connectivity index (χ1) is 9.75. The van der Waals surface area contributed by atoms with Crippen LogP contribution in [0.4, 0.5) is 0 Å². The average Bonchev–Trinajstić information content (AvgIpc) is 3.18. The second-order valence-corrected chi connectivity index (χ2v) is 4.94. The number of imidazole rings is 1. The van der Waals surface area contributed by atoms with Gasteiger partial charge in [0.1, 0.15) is 12.1 Å². The zero-order valence-electron chi connectivity index (χ0n) is 12.2. The van der Waals surface area contributed by atoms with Crippen molar-refractivity contribution in [1.29, 1.82) is 0 Å². The minimum atomic E-state index is 0. The Labute approximate surface area is 141 Å². The van der Waals surface area contributed by atoms with Crippen molar-refractivity contribution in [2.75, 3.05) is 20.1 Å². The molecule has 0 aromatic carbocycles. The molecule has 120 valence electrons. The number of hydrogen-bond acceptors (Lipinski definition) is 4. The fraction of sp³-hybridized carbons (Fsp3) is 0.357. The third-order valence-electron chi connectivity index (χ3n) is 3.66. The van der Waals surface area contributed by atoms with Crippen molar-refractivity contribution in [2.24, 2.45) is 0 Å². The first-order valence-electron chi connectivity index (χ1n) is 6.68. The molecule has 8 heteroatoms. The molecule has 0 aliphatic carbocycles. The van der Waals surface area contributed by atoms with Crippen LogP contribution in [0.2, 0.25) is 0 Å². The second-order valence-electron chi connectivity index (χ2n) is 4.94. The number of hydrogen-bond donors (Lipinski definition) is 1. The number of likely N-dealkylation sites (N-methyl/N-ethyl adjacent to an activating group) is 1. The Morgan fingerprint density at radius 1 is 1.41 bits per heavy atom. The molecule has 1 amide bonds. The lowest BCUT2D eigenvalue weighted by atomic mass is 10.1. The number of nitrogens with zero attached hydrogens (tertiary/aromatic N) is 4. The molecule has 3 rings (SSSR count). The molecule has 2 aromatic heterocycles. The number of carbonyl (C=O) groups excluding carboxylic acids is 1. The highest BCUT2D eigenvalue weighted by Crippen LogP contribution is 2.13. The number of carbonyl (C=O) groups is 1. The molecule has 1 N–H and O–H groups in total. The fourth-order valence-corrected chi connectivity index (χ4v) is 2.43. The largest absolute Gasteiger partial charge is 0.337 e. The van der Waals surface area contributed by atoms with Gasteiger partial charge in [-0.15, -0.1) is 24.8 Å². The van der Waals surface area contributed by atoms with Crippen LogP contribution >= 0.6 is 24.8 Å². The van der Waals surface area contributed by atoms with Gasteiger partial charge < -0.3 is 10.2 Å². The highest BCUT2D eigenvalue weighted by atomic mass is 35.5. The summed E-state index contributed by atoms with van der Waals surface area (Å²) in [6.07, 6.45) is 7.82. The third kappa shape index (κ3) is 3.76. The summed E-state index contributed by atoms with van der Waals surface area (Å²) in [5.74, 6) is 0.730. The summed E-state index contributed by atoms with van der Waals surface area (Å²) in [5, 5.41) is 3.27. The molecule has 22 heavy (non-hydrogen) atoms. The predicted molar refractivity (Wildman–Crippen MR) is 89.2 cm³/mol. The van der Waals surface area contributed by atoms with E-state index in [0.717, 1.165) is 19.5 Å². The summed E-state index contributed by atoms with van der Waals surface area (Å²) in [4.78, 5) is 22.6. The van der Waals surface area contributed by atoms with Crippen LogP contribution in [0.3, 0.4) is 0 Å². The molecular weight excluding hydrogens is 325 g/mol. The van der Waals surface area contributed by atoms with E-state index < -0.39 is 0 Å². The first-order valence-corrected chi connectivity index (χ1v) is 6.68. The van der Waals surface area contributed by atoms with Crippen molar-refractivity contribution in [3.63, 3.8) is 0 Å². The highest BCUT2D eigenvalue weighted by Gasteiger charge is 2.24. The lowest BCUT2D eigenvalue weighted by Crippen LogP contribution is -2.38. The van der Waals surface area contributed by atoms with E-state index in [9.17, 15) is 4.79 Å². The van der Waals surface area contributed by atoms with Gasteiger partial charge in [-0.3, -0.25) is 9.36 Å². The van der Waals surface area contributed by atoms with Crippen molar-refractivity contribution in [3.05, 3.63) is 42.6 Å². The van der Waals surface area contributed by atoms with Gasteiger partial charge in [-0.1, -0.05) is 0 Å². The first kappa shape index (κ1) is 18.4. The summed E-state index contributed by atoms with van der Waals surface area (Å²) in [5.41, 5.74) is 0.651. The Morgan fingerprint density at radius 3 is 2.86 bits per heavy atom. The Kier molecular flexibility index (Phi) is 6.80. The maximum Gasteiger partial charge on any atom is 0.254 e. The summed E-state index contributed by atoms with van der Waals surface area (Å²) in [7, 11) is 1.86. The molecule has 1 atom stereocenters. The number of rotatable bonds is 3. The minimum Gasteiger partial charge on any atom is -0.337 e. The van der Waals surface area contributed by atoms with Crippen molar-refractivity contribution in [3.8, 4) is 5.82 Å². The Balaban J connectivity index is 0.00000121. The zero-order valence-corrected chi connectivity index (χ0v) is 13.8. The minimum absolute atomic E-state index is 0. The van der Waals surface area contributed by atoms with Gasteiger partial charge >= 0.3 is 0 Å². The Morgan fingerprint density at radius 2 is 2.23 bits per heavy atom. The van der Waals surface area contributed by atoms with Gasteiger partial charge in [0.15, 0.2) is 0 Å². The molecule has 1 unspecified atom stereocenters. The average molecular weight is 344 g/mol. The summed E-state index contributed by atoms with van der Waals surface area (Å²) < 4.78 is 1.79. The van der Waals surface area contributed by atoms with Gasteiger partial charge in [-0.2, -0.15) is 0 Å². The number of pyridine rings is 1. The van der Waals surface area contributed by atoms with E-state index in [1.807, 2.05) is 11.9 Å². The summed E-state index contributed by atoms with van der Waals surface area (Å²) in [6, 6.07) is 3.82. The van der Waals surface area contributed by atoms with Crippen molar-refractivity contribution in [1.82, 2.24) is 24.8 Å². The van der Waals surface area contributed by atoms with Crippen LogP contribution in [0.5, 0.6) is 0 Å². The van der Waals surface area contributed by atoms with Gasteiger partial charge in [0, 0.05) is 43.8 Å². The molecule has 2 aromatic rings. The molecule has 0 saturated carbocycles. The molecule has 1 fully saturated rings. The van der Waals surface area contributed by atoms with Crippen LogP contribution in [-0.4, -0.2) is 51.5 Å². The monoisotopic (exact) mass is 343 g/mol. The SMILES string of the molecule is CN(C(=O)c1ccnc(-n2ccnc2)c1)C1CCNC1.Cl.Cl. The standard InChI is InChI=1S/C14H17N5O.2ClH/c1-18(12-3-4-15-9-12)14(20)11-2-5-17-13(8-11)19-7-6-16-10-19;;/h2,5-8,10,12,15H,3-4,9H2,1H3;2*1H. The second kappa shape index (κ2) is 8.12. The fourth-order valence-electron chi connectivity index (χ4n) is 2.43. The molecule has 6 nitrogen and oxygen atoms in total. The van der Waals surface area contributed by atoms with E-state index >= 15 is 0 Å². The Bertz CT molecular complexity index is 599. The van der Waals surface area contributed by atoms with Gasteiger partial charge in [-0.05, 0) is 25.1 Å². The van der Waals surface area contributed by atoms with Crippen molar-refractivity contribution < 1.29 is 4.79 Å². The lowest BCUT2D eigenvalue weighted by molar-refractivity contribution is 0.0743. The maximum absolute atomic E-state index is 12.5. The van der Waals surface area contributed by atoms with Crippen LogP contribution in [0, 0.1) is 0 Å². The van der Waals surface area contributed by atoms with Crippen LogP contribution in [-0.2, 0) is 0 Å². The normalized spacial score (nSPS) is 16.5. The highest BCUT2D eigenvalue weighted by molar-refractivity contribution is 5.94. The van der Waals surface area contributed by atoms with E-state index in [1.165, 1.54) is 0 Å². The summed E-state index contributed by atoms with van der Waals surface area (Å²) in [6.45, 7) is 1.83. The molecule has 1 aliphatic heterocycles. The number of nitrogens with one attached hydrogen (secondary N) is 1. The molecule has 1 aliphatic rings. The summed E-state index contributed by atoms with van der Waals surface area (Å²) >= 11 is 0. The molecular formula is C14H19Cl2N5O. The van der Waals surface area contributed by atoms with E-state index in [2.05, 4.69) is 15.3 Å². The number of halogens is 2. The zero-order chi connectivity index (χ0) is 13.9. The van der Waals surface area contributed by atoms with E-state index in [-0.39, 0.29) is 36.8 Å². The molecule has 0 radical (unpaired) electrons. The predicted octanol–water partition coefficient (Wildman–Crippen LogP) is 1.54. The van der Waals surface area contributed by atoms with Crippen molar-refractivity contribution in [2.45, 2.75) is 12.5 Å². The topological polar surface area (TPSA) is 63.1 Å². The van der Waals surface area contributed by atoms with Gasteiger partial charge in [0.2, 0.25) is 0 Å². The number of amides is 1. The molecule has 0 bridgehead atoms.